The fourth-order valence-corrected chi connectivity index (χ4v) is 2.86. The van der Waals surface area contributed by atoms with Crippen molar-refractivity contribution in [1.82, 2.24) is 0 Å². The highest BCUT2D eigenvalue weighted by molar-refractivity contribution is 7.86. The van der Waals surface area contributed by atoms with E-state index < -0.39 is 45.5 Å². The second-order valence-electron chi connectivity index (χ2n) is 3.82. The van der Waals surface area contributed by atoms with Crippen LogP contribution in [0.3, 0.4) is 0 Å². The van der Waals surface area contributed by atoms with E-state index in [1.807, 2.05) is 0 Å². The van der Waals surface area contributed by atoms with Gasteiger partial charge in [-0.05, 0) is 18.4 Å². The van der Waals surface area contributed by atoms with E-state index in [9.17, 15) is 22.4 Å². The van der Waals surface area contributed by atoms with Crippen LogP contribution in [0.5, 0.6) is 0 Å². The number of alkyl halides is 3. The van der Waals surface area contributed by atoms with Gasteiger partial charge >= 0.3 is 5.92 Å². The Morgan fingerprint density at radius 3 is 2.68 bits per heavy atom. The number of benzene rings is 1. The fourth-order valence-electron chi connectivity index (χ4n) is 1.88. The summed E-state index contributed by atoms with van der Waals surface area (Å²) in [7, 11) is -1.22. The molecule has 100 valence electrons. The molecule has 2 rings (SSSR count). The summed E-state index contributed by atoms with van der Waals surface area (Å²) in [5, 5.41) is 8.43. The third kappa shape index (κ3) is 1.85. The van der Waals surface area contributed by atoms with Crippen LogP contribution in [-0.2, 0) is 10.7 Å². The highest BCUT2D eigenvalue weighted by Crippen LogP contribution is 2.48. The molecule has 1 aromatic carbocycles. The maximum atomic E-state index is 13.5. The molecule has 0 fully saturated rings. The molecular weight excluding hydrogens is 284 g/mol. The predicted molar refractivity (Wildman–Crippen MR) is 59.1 cm³/mol. The average Bonchev–Trinajstić information content (AvgIpc) is 2.53. The number of nitrogens with zero attached hydrogens (tertiary/aromatic N) is 2. The normalized spacial score (nSPS) is 22.1. The van der Waals surface area contributed by atoms with E-state index >= 15 is 0 Å². The van der Waals surface area contributed by atoms with Crippen LogP contribution < -0.4 is 0 Å². The molecule has 0 radical (unpaired) electrons. The zero-order valence-electron chi connectivity index (χ0n) is 9.45. The van der Waals surface area contributed by atoms with Crippen molar-refractivity contribution in [3.8, 4) is 6.19 Å². The second kappa shape index (κ2) is 4.42. The molecule has 0 saturated heterocycles. The van der Waals surface area contributed by atoms with Gasteiger partial charge < -0.3 is 0 Å². The molecule has 0 bridgehead atoms. The Bertz CT molecular complexity index is 651. The first-order valence-electron chi connectivity index (χ1n) is 4.97. The summed E-state index contributed by atoms with van der Waals surface area (Å²) < 4.78 is 57.1. The molecule has 0 saturated carbocycles. The number of carbonyl (C=O) groups excluding carboxylic acids is 1. The van der Waals surface area contributed by atoms with E-state index in [0.29, 0.717) is 0 Å². The quantitative estimate of drug-likeness (QED) is 0.590. The number of hydrogen-bond donors (Lipinski definition) is 0. The third-order valence-electron chi connectivity index (χ3n) is 2.75. The van der Waals surface area contributed by atoms with Crippen LogP contribution in [0.25, 0.3) is 0 Å². The summed E-state index contributed by atoms with van der Waals surface area (Å²) in [6.07, 6.45) is -0.139. The molecule has 19 heavy (non-hydrogen) atoms. The lowest BCUT2D eigenvalue weighted by Gasteiger charge is -2.09. The zero-order valence-corrected chi connectivity index (χ0v) is 10.3. The van der Waals surface area contributed by atoms with Gasteiger partial charge in [0.15, 0.2) is 6.17 Å². The van der Waals surface area contributed by atoms with Gasteiger partial charge in [0.1, 0.15) is 5.82 Å². The number of halogens is 4. The summed E-state index contributed by atoms with van der Waals surface area (Å²) >= 11 is 0. The Hall–Kier alpha value is -1.75. The Labute approximate surface area is 107 Å². The van der Waals surface area contributed by atoms with E-state index in [-0.39, 0.29) is 4.90 Å². The van der Waals surface area contributed by atoms with Crippen molar-refractivity contribution < 1.29 is 22.4 Å². The molecule has 2 atom stereocenters. The highest BCUT2D eigenvalue weighted by Gasteiger charge is 2.58. The minimum atomic E-state index is -4.28. The van der Waals surface area contributed by atoms with Gasteiger partial charge in [-0.2, -0.15) is 14.0 Å². The van der Waals surface area contributed by atoms with Crippen molar-refractivity contribution in [2.75, 3.05) is 6.26 Å². The Morgan fingerprint density at radius 2 is 2.11 bits per heavy atom. The van der Waals surface area contributed by atoms with Gasteiger partial charge in [-0.1, -0.05) is 10.7 Å². The lowest BCUT2D eigenvalue weighted by molar-refractivity contribution is -0.0372. The van der Waals surface area contributed by atoms with Crippen molar-refractivity contribution in [3.05, 3.63) is 29.1 Å². The predicted octanol–water partition coefficient (Wildman–Crippen LogP) is 2.94. The molecule has 0 heterocycles. The van der Waals surface area contributed by atoms with Gasteiger partial charge in [-0.15, -0.1) is 4.36 Å². The van der Waals surface area contributed by atoms with Crippen molar-refractivity contribution in [2.45, 2.75) is 17.0 Å². The molecule has 1 aliphatic carbocycles. The first-order chi connectivity index (χ1) is 8.82. The minimum absolute atomic E-state index is 0.0530. The van der Waals surface area contributed by atoms with E-state index in [2.05, 4.69) is 4.36 Å². The van der Waals surface area contributed by atoms with Crippen LogP contribution in [0.1, 0.15) is 22.1 Å². The van der Waals surface area contributed by atoms with Crippen LogP contribution >= 0.6 is 0 Å². The number of nitriles is 1. The monoisotopic (exact) mass is 290 g/mol. The average molecular weight is 290 g/mol. The van der Waals surface area contributed by atoms with Crippen LogP contribution in [-0.4, -0.2) is 18.0 Å². The van der Waals surface area contributed by atoms with Gasteiger partial charge in [0.05, 0.1) is 0 Å². The zero-order chi connectivity index (χ0) is 14.4. The number of ketones is 1. The summed E-state index contributed by atoms with van der Waals surface area (Å²) in [6.45, 7) is 0. The second-order valence-corrected chi connectivity index (χ2v) is 5.40. The summed E-state index contributed by atoms with van der Waals surface area (Å²) in [5.41, 5.74) is -1.64. The Balaban J connectivity index is 2.78. The van der Waals surface area contributed by atoms with Gasteiger partial charge in [0.2, 0.25) is 12.0 Å². The third-order valence-corrected chi connectivity index (χ3v) is 4.08. The molecule has 0 aliphatic heterocycles. The van der Waals surface area contributed by atoms with E-state index in [1.165, 1.54) is 12.4 Å². The summed E-state index contributed by atoms with van der Waals surface area (Å²) in [6, 6.07) is 1.87. The van der Waals surface area contributed by atoms with Crippen LogP contribution in [0.15, 0.2) is 21.4 Å². The van der Waals surface area contributed by atoms with Crippen LogP contribution in [0.2, 0.25) is 0 Å². The van der Waals surface area contributed by atoms with Crippen molar-refractivity contribution in [2.24, 2.45) is 4.36 Å². The SMILES string of the molecule is CS(=NC#N)c1ccc(F)c2c1C(=O)C(F)(F)[C@@H]2F. The van der Waals surface area contributed by atoms with E-state index in [0.717, 1.165) is 12.1 Å². The standard InChI is InChI=1S/C11H6F4N2OS/c1-19(17-4-16)6-3-2-5(12)7-8(6)10(18)11(14,15)9(7)13/h2-3,9H,1H3/t9-,19?/m1/s1. The van der Waals surface area contributed by atoms with Crippen LogP contribution in [0, 0.1) is 17.3 Å². The molecule has 0 amide bonds. The molecule has 0 spiro atoms. The molecule has 1 unspecified atom stereocenters. The Kier molecular flexibility index (Phi) is 3.18. The van der Waals surface area contributed by atoms with E-state index in [4.69, 9.17) is 5.26 Å². The van der Waals surface area contributed by atoms with Crippen LogP contribution in [0.4, 0.5) is 17.6 Å². The van der Waals surface area contributed by atoms with Gasteiger partial charge in [0, 0.05) is 16.0 Å². The molecular formula is C11H6F4N2OS. The maximum Gasteiger partial charge on any atom is 0.344 e. The van der Waals surface area contributed by atoms with Crippen molar-refractivity contribution >= 4 is 16.5 Å². The van der Waals surface area contributed by atoms with E-state index in [1.54, 1.807) is 0 Å². The Morgan fingerprint density at radius 1 is 1.47 bits per heavy atom. The molecule has 1 aliphatic rings. The van der Waals surface area contributed by atoms with Gasteiger partial charge in [-0.25, -0.2) is 8.78 Å². The summed E-state index contributed by atoms with van der Waals surface area (Å²) in [5.74, 6) is -7.25. The molecule has 0 N–H and O–H groups in total. The molecule has 0 aromatic heterocycles. The molecule has 1 aromatic rings. The number of Topliss-reactive ketones (excluding diaryl/α,β-unsaturated/α-hetero) is 1. The lowest BCUT2D eigenvalue weighted by Crippen LogP contribution is -2.26. The maximum absolute atomic E-state index is 13.5. The topological polar surface area (TPSA) is 53.2 Å². The number of rotatable bonds is 1. The number of hydrogen-bond acceptors (Lipinski definition) is 3. The number of fused-ring (bicyclic) bond motifs is 1. The lowest BCUT2D eigenvalue weighted by atomic mass is 10.1. The smallest absolute Gasteiger partial charge is 0.287 e. The van der Waals surface area contributed by atoms with Gasteiger partial charge in [0.25, 0.3) is 0 Å². The number of carbonyl (C=O) groups is 1. The molecule has 8 heteroatoms. The first-order valence-corrected chi connectivity index (χ1v) is 6.56. The van der Waals surface area contributed by atoms with Crippen molar-refractivity contribution in [1.29, 1.82) is 5.26 Å². The van der Waals surface area contributed by atoms with Crippen molar-refractivity contribution in [3.63, 3.8) is 0 Å². The summed E-state index contributed by atoms with van der Waals surface area (Å²) in [4.78, 5) is 11.5. The van der Waals surface area contributed by atoms with Gasteiger partial charge in [-0.3, -0.25) is 4.79 Å². The minimum Gasteiger partial charge on any atom is -0.287 e. The fraction of sp³-hybridized carbons (Fsp3) is 0.273. The highest BCUT2D eigenvalue weighted by atomic mass is 32.2. The first kappa shape index (κ1) is 13.7. The largest absolute Gasteiger partial charge is 0.344 e. The molecule has 3 nitrogen and oxygen atoms in total.